The van der Waals surface area contributed by atoms with Crippen LogP contribution in [0.2, 0.25) is 5.02 Å². The zero-order valence-electron chi connectivity index (χ0n) is 9.25. The molecule has 0 saturated heterocycles. The summed E-state index contributed by atoms with van der Waals surface area (Å²) in [6.45, 7) is 0. The summed E-state index contributed by atoms with van der Waals surface area (Å²) in [6.07, 6.45) is 0. The molecule has 0 unspecified atom stereocenters. The van der Waals surface area contributed by atoms with Gasteiger partial charge in [-0.3, -0.25) is 0 Å². The summed E-state index contributed by atoms with van der Waals surface area (Å²) in [6, 6.07) is 14.7. The molecule has 0 saturated carbocycles. The van der Waals surface area contributed by atoms with Crippen LogP contribution in [0.3, 0.4) is 0 Å². The first-order valence-corrected chi connectivity index (χ1v) is 7.56. The van der Waals surface area contributed by atoms with Crippen molar-refractivity contribution >= 4 is 33.0 Å². The molecular weight excluding hydrogens is 291 g/mol. The number of hydrogen-bond donors (Lipinski definition) is 0. The fraction of sp³-hybridized carbons (Fsp3) is 0.0769. The molecule has 2 rings (SSSR count). The average Bonchev–Trinajstić information content (AvgIpc) is 2.39. The van der Waals surface area contributed by atoms with Gasteiger partial charge < -0.3 is 0 Å². The van der Waals surface area contributed by atoms with Gasteiger partial charge in [0.1, 0.15) is 0 Å². The van der Waals surface area contributed by atoms with Crippen LogP contribution in [-0.2, 0) is 9.84 Å². The normalized spacial score (nSPS) is 13.2. The van der Waals surface area contributed by atoms with Crippen molar-refractivity contribution in [1.82, 2.24) is 0 Å². The van der Waals surface area contributed by atoms with Gasteiger partial charge in [0.15, 0.2) is 14.5 Å². The quantitative estimate of drug-likeness (QED) is 0.801. The highest BCUT2D eigenvalue weighted by Crippen LogP contribution is 2.33. The molecule has 2 aromatic carbocycles. The Morgan fingerprint density at radius 3 is 2.22 bits per heavy atom. The number of hydrogen-bond acceptors (Lipinski definition) is 2. The molecule has 0 amide bonds. The Balaban J connectivity index is 2.43. The fourth-order valence-electron chi connectivity index (χ4n) is 1.56. The fourth-order valence-corrected chi connectivity index (χ4v) is 3.48. The maximum Gasteiger partial charge on any atom is 0.199 e. The van der Waals surface area contributed by atoms with Crippen molar-refractivity contribution in [3.05, 3.63) is 65.2 Å². The van der Waals surface area contributed by atoms with Crippen LogP contribution < -0.4 is 0 Å². The summed E-state index contributed by atoms with van der Waals surface area (Å²) < 4.78 is 23.4. The number of sulfone groups is 1. The number of benzene rings is 2. The van der Waals surface area contributed by atoms with Crippen molar-refractivity contribution in [2.75, 3.05) is 0 Å². The van der Waals surface area contributed by atoms with E-state index in [4.69, 9.17) is 23.2 Å². The predicted molar refractivity (Wildman–Crippen MR) is 73.7 cm³/mol. The minimum absolute atomic E-state index is 0.199. The van der Waals surface area contributed by atoms with Crippen molar-refractivity contribution in [2.24, 2.45) is 0 Å². The van der Waals surface area contributed by atoms with Crippen LogP contribution in [0.4, 0.5) is 0 Å². The first-order chi connectivity index (χ1) is 8.51. The van der Waals surface area contributed by atoms with E-state index in [1.165, 1.54) is 12.1 Å². The van der Waals surface area contributed by atoms with Gasteiger partial charge in [0.05, 0.1) is 4.90 Å². The Morgan fingerprint density at radius 2 is 1.61 bits per heavy atom. The predicted octanol–water partition coefficient (Wildman–Crippen LogP) is 4.05. The topological polar surface area (TPSA) is 34.1 Å². The molecule has 0 aliphatic rings. The third-order valence-electron chi connectivity index (χ3n) is 2.45. The van der Waals surface area contributed by atoms with Crippen molar-refractivity contribution in [2.45, 2.75) is 9.60 Å². The number of halogens is 2. The van der Waals surface area contributed by atoms with E-state index in [1.807, 2.05) is 0 Å². The molecule has 0 fully saturated rings. The lowest BCUT2D eigenvalue weighted by molar-refractivity contribution is 0.594. The Labute approximate surface area is 116 Å². The molecule has 1 atom stereocenters. The van der Waals surface area contributed by atoms with E-state index in [1.54, 1.807) is 42.5 Å². The van der Waals surface area contributed by atoms with Crippen LogP contribution in [-0.4, -0.2) is 8.42 Å². The maximum absolute atomic E-state index is 12.3. The lowest BCUT2D eigenvalue weighted by atomic mass is 10.2. The van der Waals surface area contributed by atoms with Crippen LogP contribution in [0.25, 0.3) is 0 Å². The van der Waals surface area contributed by atoms with Crippen molar-refractivity contribution in [3.63, 3.8) is 0 Å². The molecule has 18 heavy (non-hydrogen) atoms. The maximum atomic E-state index is 12.3. The Bertz CT molecular complexity index is 639. The molecule has 94 valence electrons. The molecule has 0 N–H and O–H groups in total. The molecule has 0 aliphatic heterocycles. The second kappa shape index (κ2) is 5.31. The number of rotatable bonds is 3. The zero-order valence-corrected chi connectivity index (χ0v) is 11.6. The van der Waals surface area contributed by atoms with Crippen molar-refractivity contribution in [1.29, 1.82) is 0 Å². The highest BCUT2D eigenvalue weighted by Gasteiger charge is 2.26. The second-order valence-corrected chi connectivity index (χ2v) is 6.89. The van der Waals surface area contributed by atoms with Crippen molar-refractivity contribution < 1.29 is 8.42 Å². The molecule has 0 aliphatic carbocycles. The summed E-state index contributed by atoms with van der Waals surface area (Å²) in [4.78, 5) is 0.199. The second-order valence-electron chi connectivity index (χ2n) is 3.73. The summed E-state index contributed by atoms with van der Waals surface area (Å²) in [5.41, 5.74) is 0.466. The van der Waals surface area contributed by atoms with E-state index < -0.39 is 14.5 Å². The lowest BCUT2D eigenvalue weighted by Crippen LogP contribution is -2.08. The monoisotopic (exact) mass is 300 g/mol. The van der Waals surface area contributed by atoms with Gasteiger partial charge in [-0.25, -0.2) is 8.42 Å². The summed E-state index contributed by atoms with van der Waals surface area (Å²) in [7, 11) is -3.60. The van der Waals surface area contributed by atoms with Gasteiger partial charge >= 0.3 is 0 Å². The summed E-state index contributed by atoms with van der Waals surface area (Å²) in [5.74, 6) is 0. The molecule has 0 aromatic heterocycles. The summed E-state index contributed by atoms with van der Waals surface area (Å²) in [5, 5.41) is 0.460. The molecule has 2 aromatic rings. The number of alkyl halides is 1. The van der Waals surface area contributed by atoms with Crippen LogP contribution in [0.5, 0.6) is 0 Å². The minimum atomic E-state index is -3.60. The van der Waals surface area contributed by atoms with E-state index >= 15 is 0 Å². The van der Waals surface area contributed by atoms with E-state index in [-0.39, 0.29) is 4.90 Å². The third-order valence-corrected chi connectivity index (χ3v) is 5.39. The first-order valence-electron chi connectivity index (χ1n) is 5.20. The Morgan fingerprint density at radius 1 is 0.944 bits per heavy atom. The van der Waals surface area contributed by atoms with Gasteiger partial charge in [-0.05, 0) is 29.8 Å². The van der Waals surface area contributed by atoms with E-state index in [9.17, 15) is 8.42 Å². The van der Waals surface area contributed by atoms with Crippen LogP contribution in [0.1, 0.15) is 10.3 Å². The Kier molecular flexibility index (Phi) is 3.95. The SMILES string of the molecule is O=S(=O)(c1ccccc1)[C@H](Cl)c1cccc(Cl)c1. The van der Waals surface area contributed by atoms with Gasteiger partial charge in [-0.15, -0.1) is 0 Å². The lowest BCUT2D eigenvalue weighted by Gasteiger charge is -2.11. The van der Waals surface area contributed by atoms with E-state index in [0.717, 1.165) is 0 Å². The van der Waals surface area contributed by atoms with E-state index in [0.29, 0.717) is 10.6 Å². The molecule has 0 bridgehead atoms. The standard InChI is InChI=1S/C13H10Cl2O2S/c14-11-6-4-5-10(9-11)13(15)18(16,17)12-7-2-1-3-8-12/h1-9,13H/t13-/m0/s1. The first kappa shape index (κ1) is 13.4. The molecule has 2 nitrogen and oxygen atoms in total. The largest absolute Gasteiger partial charge is 0.222 e. The zero-order chi connectivity index (χ0) is 13.2. The Hall–Kier alpha value is -1.03. The average molecular weight is 301 g/mol. The van der Waals surface area contributed by atoms with Crippen LogP contribution in [0.15, 0.2) is 59.5 Å². The van der Waals surface area contributed by atoms with Crippen LogP contribution in [0, 0.1) is 0 Å². The highest BCUT2D eigenvalue weighted by atomic mass is 35.5. The highest BCUT2D eigenvalue weighted by molar-refractivity contribution is 7.92. The smallest absolute Gasteiger partial charge is 0.199 e. The molecule has 5 heteroatoms. The van der Waals surface area contributed by atoms with Gasteiger partial charge in [0.2, 0.25) is 0 Å². The van der Waals surface area contributed by atoms with Gasteiger partial charge in [0, 0.05) is 5.02 Å². The third kappa shape index (κ3) is 2.69. The molecule has 0 heterocycles. The van der Waals surface area contributed by atoms with Crippen molar-refractivity contribution in [3.8, 4) is 0 Å². The molecule has 0 spiro atoms. The van der Waals surface area contributed by atoms with Gasteiger partial charge in [-0.1, -0.05) is 53.5 Å². The van der Waals surface area contributed by atoms with Gasteiger partial charge in [-0.2, -0.15) is 0 Å². The molecular formula is C13H10Cl2O2S. The van der Waals surface area contributed by atoms with E-state index in [2.05, 4.69) is 0 Å². The minimum Gasteiger partial charge on any atom is -0.222 e. The molecule has 0 radical (unpaired) electrons. The summed E-state index contributed by atoms with van der Waals surface area (Å²) >= 11 is 11.9. The van der Waals surface area contributed by atoms with Gasteiger partial charge in [0.25, 0.3) is 0 Å². The van der Waals surface area contributed by atoms with Crippen LogP contribution >= 0.6 is 23.2 Å².